The van der Waals surface area contributed by atoms with Crippen LogP contribution in [0.25, 0.3) is 0 Å². The van der Waals surface area contributed by atoms with E-state index in [1.165, 1.54) is 19.3 Å². The normalized spacial score (nSPS) is 27.3. The molecule has 2 bridgehead atoms. The predicted molar refractivity (Wildman–Crippen MR) is 74.5 cm³/mol. The van der Waals surface area contributed by atoms with Gasteiger partial charge in [0.05, 0.1) is 12.4 Å². The summed E-state index contributed by atoms with van der Waals surface area (Å²) in [7, 11) is 2.23. The quantitative estimate of drug-likeness (QED) is 0.595. The highest BCUT2D eigenvalue weighted by atomic mass is 15.3. The molecular weight excluding hydrogens is 240 g/mol. The first-order valence-electron chi connectivity index (χ1n) is 6.78. The molecule has 6 heteroatoms. The number of hydrogen-bond acceptors (Lipinski definition) is 5. The molecule has 2 saturated heterocycles. The minimum Gasteiger partial charge on any atom is -0.382 e. The van der Waals surface area contributed by atoms with Crippen LogP contribution in [-0.4, -0.2) is 52.9 Å². The van der Waals surface area contributed by atoms with Crippen LogP contribution in [0.15, 0.2) is 12.4 Å². The average molecular weight is 260 g/mol. The molecule has 2 unspecified atom stereocenters. The maximum Gasteiger partial charge on any atom is 0.147 e. The van der Waals surface area contributed by atoms with Crippen LogP contribution in [0.4, 0.5) is 5.82 Å². The topological polar surface area (TPSA) is 82.1 Å². The van der Waals surface area contributed by atoms with Crippen LogP contribution in [0.1, 0.15) is 25.0 Å². The Kier molecular flexibility index (Phi) is 3.10. The van der Waals surface area contributed by atoms with Gasteiger partial charge in [0.25, 0.3) is 0 Å². The fourth-order valence-corrected chi connectivity index (χ4v) is 3.14. The van der Waals surface area contributed by atoms with Crippen molar-refractivity contribution in [3.05, 3.63) is 18.1 Å². The van der Waals surface area contributed by atoms with Gasteiger partial charge >= 0.3 is 0 Å². The van der Waals surface area contributed by atoms with Gasteiger partial charge in [-0.05, 0) is 26.3 Å². The number of rotatable bonds is 2. The lowest BCUT2D eigenvalue weighted by Crippen LogP contribution is -2.37. The second kappa shape index (κ2) is 4.77. The Balaban J connectivity index is 1.77. The Hall–Kier alpha value is -1.69. The third-order valence-corrected chi connectivity index (χ3v) is 4.39. The van der Waals surface area contributed by atoms with Crippen molar-refractivity contribution in [2.75, 3.05) is 25.0 Å². The fraction of sp³-hybridized carbons (Fsp3) is 0.615. The molecule has 1 aromatic rings. The maximum atomic E-state index is 7.33. The van der Waals surface area contributed by atoms with Crippen LogP contribution in [-0.2, 0) is 0 Å². The van der Waals surface area contributed by atoms with Crippen molar-refractivity contribution in [3.63, 3.8) is 0 Å². The number of nitrogens with one attached hydrogen (secondary N) is 1. The number of nitrogen functional groups attached to an aromatic ring is 1. The molecule has 0 radical (unpaired) electrons. The lowest BCUT2D eigenvalue weighted by molar-refractivity contribution is 0.254. The standard InChI is InChI=1S/C13H20N6/c1-18-9-2-3-10(18)8-19(5-4-9)12-7-16-11(6-17-12)13(14)15/h6-7,9-10H,2-5,8H2,1H3,(H3,14,15). The molecule has 2 atom stereocenters. The second-order valence-electron chi connectivity index (χ2n) is 5.46. The van der Waals surface area contributed by atoms with Gasteiger partial charge in [0.1, 0.15) is 17.3 Å². The van der Waals surface area contributed by atoms with Gasteiger partial charge in [-0.2, -0.15) is 0 Å². The Bertz CT molecular complexity index is 471. The molecule has 3 N–H and O–H groups in total. The summed E-state index contributed by atoms with van der Waals surface area (Å²) in [4.78, 5) is 13.4. The Morgan fingerprint density at radius 3 is 2.74 bits per heavy atom. The van der Waals surface area contributed by atoms with Crippen molar-refractivity contribution in [1.29, 1.82) is 5.41 Å². The molecular formula is C13H20N6. The zero-order chi connectivity index (χ0) is 13.4. The fourth-order valence-electron chi connectivity index (χ4n) is 3.14. The highest BCUT2D eigenvalue weighted by Crippen LogP contribution is 2.29. The van der Waals surface area contributed by atoms with E-state index < -0.39 is 0 Å². The number of fused-ring (bicyclic) bond motifs is 2. The zero-order valence-corrected chi connectivity index (χ0v) is 11.2. The first-order chi connectivity index (χ1) is 9.15. The van der Waals surface area contributed by atoms with Crippen LogP contribution in [0.3, 0.4) is 0 Å². The lowest BCUT2D eigenvalue weighted by Gasteiger charge is -2.26. The van der Waals surface area contributed by atoms with Gasteiger partial charge < -0.3 is 10.6 Å². The van der Waals surface area contributed by atoms with Crippen LogP contribution in [0, 0.1) is 5.41 Å². The maximum absolute atomic E-state index is 7.33. The van der Waals surface area contributed by atoms with Crippen LogP contribution in [0.5, 0.6) is 0 Å². The van der Waals surface area contributed by atoms with Crippen molar-refractivity contribution < 1.29 is 0 Å². The molecule has 3 heterocycles. The molecule has 6 nitrogen and oxygen atoms in total. The Morgan fingerprint density at radius 2 is 2.05 bits per heavy atom. The summed E-state index contributed by atoms with van der Waals surface area (Å²) in [6, 6.07) is 1.35. The van der Waals surface area contributed by atoms with Crippen molar-refractivity contribution >= 4 is 11.7 Å². The Morgan fingerprint density at radius 1 is 1.26 bits per heavy atom. The number of aromatic nitrogens is 2. The van der Waals surface area contributed by atoms with Crippen molar-refractivity contribution in [2.24, 2.45) is 5.73 Å². The summed E-state index contributed by atoms with van der Waals surface area (Å²) in [5.41, 5.74) is 5.84. The van der Waals surface area contributed by atoms with E-state index in [-0.39, 0.29) is 5.84 Å². The lowest BCUT2D eigenvalue weighted by atomic mass is 10.1. The van der Waals surface area contributed by atoms with Crippen LogP contribution < -0.4 is 10.6 Å². The summed E-state index contributed by atoms with van der Waals surface area (Å²) in [5.74, 6) is 0.861. The van der Waals surface area contributed by atoms with Gasteiger partial charge in [-0.15, -0.1) is 0 Å². The molecule has 1 aromatic heterocycles. The molecule has 0 spiro atoms. The second-order valence-corrected chi connectivity index (χ2v) is 5.46. The van der Waals surface area contributed by atoms with Gasteiger partial charge in [-0.3, -0.25) is 10.3 Å². The molecule has 0 aliphatic carbocycles. The largest absolute Gasteiger partial charge is 0.382 e. The van der Waals surface area contributed by atoms with Gasteiger partial charge in [0.15, 0.2) is 0 Å². The van der Waals surface area contributed by atoms with Gasteiger partial charge in [-0.1, -0.05) is 0 Å². The molecule has 2 fully saturated rings. The molecule has 0 saturated carbocycles. The summed E-state index contributed by atoms with van der Waals surface area (Å²) < 4.78 is 0. The predicted octanol–water partition coefficient (Wildman–Crippen LogP) is 0.434. The van der Waals surface area contributed by atoms with E-state index in [1.807, 2.05) is 0 Å². The molecule has 102 valence electrons. The summed E-state index contributed by atoms with van der Waals surface area (Å²) in [6.07, 6.45) is 7.10. The Labute approximate surface area is 113 Å². The highest BCUT2D eigenvalue weighted by molar-refractivity contribution is 5.92. The molecule has 3 rings (SSSR count). The smallest absolute Gasteiger partial charge is 0.147 e. The van der Waals surface area contributed by atoms with Gasteiger partial charge in [-0.25, -0.2) is 9.97 Å². The van der Waals surface area contributed by atoms with E-state index in [1.54, 1.807) is 12.4 Å². The van der Waals surface area contributed by atoms with E-state index in [0.29, 0.717) is 11.7 Å². The van der Waals surface area contributed by atoms with E-state index in [4.69, 9.17) is 11.1 Å². The number of amidine groups is 1. The van der Waals surface area contributed by atoms with E-state index in [9.17, 15) is 0 Å². The molecule has 0 aromatic carbocycles. The van der Waals surface area contributed by atoms with Gasteiger partial charge in [0, 0.05) is 25.2 Å². The highest BCUT2D eigenvalue weighted by Gasteiger charge is 2.34. The summed E-state index contributed by atoms with van der Waals surface area (Å²) >= 11 is 0. The first-order valence-corrected chi connectivity index (χ1v) is 6.78. The zero-order valence-electron chi connectivity index (χ0n) is 11.2. The van der Waals surface area contributed by atoms with Crippen LogP contribution >= 0.6 is 0 Å². The minimum absolute atomic E-state index is 0.0336. The number of hydrogen-bond donors (Lipinski definition) is 2. The molecule has 2 aliphatic rings. The van der Waals surface area contributed by atoms with Crippen molar-refractivity contribution in [1.82, 2.24) is 14.9 Å². The number of nitrogens with two attached hydrogens (primary N) is 1. The first kappa shape index (κ1) is 12.3. The van der Waals surface area contributed by atoms with E-state index in [0.717, 1.165) is 24.9 Å². The number of nitrogens with zero attached hydrogens (tertiary/aromatic N) is 4. The SMILES string of the molecule is CN1C2CCC1CN(c1cnc(C(=N)N)cn1)CC2. The number of likely N-dealkylation sites (N-methyl/N-ethyl adjacent to an activating group) is 1. The number of anilines is 1. The van der Waals surface area contributed by atoms with Crippen molar-refractivity contribution in [3.8, 4) is 0 Å². The average Bonchev–Trinajstić information content (AvgIpc) is 2.63. The van der Waals surface area contributed by atoms with Crippen LogP contribution in [0.2, 0.25) is 0 Å². The third-order valence-electron chi connectivity index (χ3n) is 4.39. The van der Waals surface area contributed by atoms with E-state index >= 15 is 0 Å². The monoisotopic (exact) mass is 260 g/mol. The summed E-state index contributed by atoms with van der Waals surface area (Å²) in [5, 5.41) is 7.33. The van der Waals surface area contributed by atoms with E-state index in [2.05, 4.69) is 26.8 Å². The molecule has 0 amide bonds. The minimum atomic E-state index is -0.0336. The molecule has 19 heavy (non-hydrogen) atoms. The summed E-state index contributed by atoms with van der Waals surface area (Å²) in [6.45, 7) is 2.04. The third kappa shape index (κ3) is 2.28. The molecule has 2 aliphatic heterocycles. The van der Waals surface area contributed by atoms with Crippen molar-refractivity contribution in [2.45, 2.75) is 31.3 Å². The van der Waals surface area contributed by atoms with Gasteiger partial charge in [0.2, 0.25) is 0 Å².